The molecule has 2 aliphatic heterocycles. The van der Waals surface area contributed by atoms with Crippen LogP contribution in [0.5, 0.6) is 0 Å². The van der Waals surface area contributed by atoms with Crippen molar-refractivity contribution in [1.29, 1.82) is 0 Å². The van der Waals surface area contributed by atoms with E-state index in [-0.39, 0.29) is 41.7 Å². The predicted octanol–water partition coefficient (Wildman–Crippen LogP) is 0.999. The zero-order chi connectivity index (χ0) is 32.0. The summed E-state index contributed by atoms with van der Waals surface area (Å²) in [5, 5.41) is 8.53. The Morgan fingerprint density at radius 1 is 1.07 bits per heavy atom. The number of hydrogen-bond donors (Lipinski definition) is 4. The third kappa shape index (κ3) is 7.06. The van der Waals surface area contributed by atoms with Crippen LogP contribution < -0.4 is 21.7 Å². The summed E-state index contributed by atoms with van der Waals surface area (Å²) in [6.07, 6.45) is 1.76. The quantitative estimate of drug-likeness (QED) is 0.240. The van der Waals surface area contributed by atoms with Gasteiger partial charge in [-0.3, -0.25) is 19.2 Å². The molecule has 4 rings (SSSR count). The summed E-state index contributed by atoms with van der Waals surface area (Å²) < 4.78 is 5.01. The molecule has 43 heavy (non-hydrogen) atoms. The molecule has 0 radical (unpaired) electrons. The molecule has 13 heteroatoms. The van der Waals surface area contributed by atoms with Crippen LogP contribution in [0.4, 0.5) is 9.59 Å². The van der Waals surface area contributed by atoms with Gasteiger partial charge in [-0.25, -0.2) is 9.59 Å². The van der Waals surface area contributed by atoms with Crippen molar-refractivity contribution in [2.24, 2.45) is 40.2 Å². The normalized spacial score (nSPS) is 26.2. The van der Waals surface area contributed by atoms with Gasteiger partial charge in [-0.05, 0) is 40.9 Å². The van der Waals surface area contributed by atoms with Crippen LogP contribution in [0.15, 0.2) is 0 Å². The summed E-state index contributed by atoms with van der Waals surface area (Å²) in [7, 11) is 0. The zero-order valence-corrected chi connectivity index (χ0v) is 26.4. The number of nitrogens with two attached hydrogens (primary N) is 1. The number of urea groups is 1. The highest BCUT2D eigenvalue weighted by atomic mass is 16.6. The van der Waals surface area contributed by atoms with E-state index in [0.29, 0.717) is 26.1 Å². The van der Waals surface area contributed by atoms with Crippen molar-refractivity contribution in [3.05, 3.63) is 0 Å². The van der Waals surface area contributed by atoms with Gasteiger partial charge in [0.05, 0.1) is 18.6 Å². The lowest BCUT2D eigenvalue weighted by molar-refractivity contribution is -0.145. The average molecular weight is 605 g/mol. The van der Waals surface area contributed by atoms with E-state index in [0.717, 1.165) is 12.8 Å². The van der Waals surface area contributed by atoms with Gasteiger partial charge in [-0.1, -0.05) is 61.3 Å². The third-order valence-corrected chi connectivity index (χ3v) is 9.67. The van der Waals surface area contributed by atoms with Crippen LogP contribution in [0, 0.1) is 34.5 Å². The van der Waals surface area contributed by atoms with Crippen molar-refractivity contribution in [3.63, 3.8) is 0 Å². The monoisotopic (exact) mass is 604 g/mol. The highest BCUT2D eigenvalue weighted by molar-refractivity contribution is 6.37. The summed E-state index contributed by atoms with van der Waals surface area (Å²) in [5.74, 6) is -2.61. The third-order valence-electron chi connectivity index (χ3n) is 9.67. The number of ketones is 1. The van der Waals surface area contributed by atoms with Gasteiger partial charge in [-0.2, -0.15) is 0 Å². The Morgan fingerprint density at radius 2 is 1.72 bits per heavy atom. The first-order chi connectivity index (χ1) is 19.9. The Hall–Kier alpha value is -3.38. The minimum absolute atomic E-state index is 0.00404. The number of hydrogen-bond acceptors (Lipinski definition) is 7. The SMILES string of the molecule is CC(C)[C@@H](CN1CCOC1=O)NC(=O)N[C@H](C(=O)N1C[C@H]2[C@@H]([C@H]1C(=O)NC(CC1CC1)C(=O)C(N)=O)C2(C)C)C(C)(C)C. The highest BCUT2D eigenvalue weighted by Crippen LogP contribution is 2.65. The average Bonchev–Trinajstić information content (AvgIpc) is 3.67. The van der Waals surface area contributed by atoms with Crippen molar-refractivity contribution < 1.29 is 33.5 Å². The van der Waals surface area contributed by atoms with E-state index in [1.807, 2.05) is 34.6 Å². The lowest BCUT2D eigenvalue weighted by Gasteiger charge is -2.38. The number of nitrogens with one attached hydrogen (secondary N) is 3. The molecular formula is C30H48N6O7. The van der Waals surface area contributed by atoms with E-state index >= 15 is 0 Å². The summed E-state index contributed by atoms with van der Waals surface area (Å²) in [6.45, 7) is 14.8. The second-order valence-electron chi connectivity index (χ2n) is 14.7. The van der Waals surface area contributed by atoms with Gasteiger partial charge in [0.15, 0.2) is 0 Å². The molecule has 0 spiro atoms. The molecule has 13 nitrogen and oxygen atoms in total. The lowest BCUT2D eigenvalue weighted by atomic mass is 9.85. The maximum atomic E-state index is 14.2. The molecule has 0 aromatic rings. The van der Waals surface area contributed by atoms with Gasteiger partial charge in [0.1, 0.15) is 18.7 Å². The number of ether oxygens (including phenoxy) is 1. The van der Waals surface area contributed by atoms with Crippen LogP contribution in [0.3, 0.4) is 0 Å². The minimum atomic E-state index is -1.10. The van der Waals surface area contributed by atoms with Gasteiger partial charge >= 0.3 is 12.1 Å². The van der Waals surface area contributed by atoms with E-state index in [2.05, 4.69) is 29.8 Å². The molecule has 2 saturated carbocycles. The highest BCUT2D eigenvalue weighted by Gasteiger charge is 2.70. The standard InChI is InChI=1S/C30H48N6O7/c1-15(2)19(14-35-10-11-43-28(35)42)33-27(41)34-23(29(3,4)5)26(40)36-13-17-20(30(17,6)7)21(36)25(39)32-18(12-16-8-9-16)22(37)24(31)38/h15-21,23H,8-14H2,1-7H3,(H2,31,38)(H,32,39)(H2,33,34,41)/t17-,18?,19+,20-,21-,23+/m0/s1. The minimum Gasteiger partial charge on any atom is -0.448 e. The van der Waals surface area contributed by atoms with Crippen LogP contribution in [0.25, 0.3) is 0 Å². The molecule has 0 aromatic heterocycles. The summed E-state index contributed by atoms with van der Waals surface area (Å²) >= 11 is 0. The first-order valence-corrected chi connectivity index (χ1v) is 15.4. The van der Waals surface area contributed by atoms with Crippen LogP contribution in [0.1, 0.15) is 67.7 Å². The largest absolute Gasteiger partial charge is 0.448 e. The van der Waals surface area contributed by atoms with Crippen LogP contribution in [-0.4, -0.2) is 95.8 Å². The summed E-state index contributed by atoms with van der Waals surface area (Å²) in [4.78, 5) is 80.5. The van der Waals surface area contributed by atoms with Crippen molar-refractivity contribution in [3.8, 4) is 0 Å². The van der Waals surface area contributed by atoms with E-state index < -0.39 is 59.2 Å². The maximum absolute atomic E-state index is 14.2. The number of likely N-dealkylation sites (tertiary alicyclic amines) is 1. The first-order valence-electron chi connectivity index (χ1n) is 15.4. The van der Waals surface area contributed by atoms with Gasteiger partial charge in [0.25, 0.3) is 5.91 Å². The Balaban J connectivity index is 1.50. The van der Waals surface area contributed by atoms with E-state index in [1.54, 1.807) is 0 Å². The molecule has 0 aromatic carbocycles. The van der Waals surface area contributed by atoms with E-state index in [9.17, 15) is 28.8 Å². The molecule has 6 amide bonds. The fraction of sp³-hybridized carbons (Fsp3) is 0.800. The van der Waals surface area contributed by atoms with Crippen molar-refractivity contribution >= 4 is 35.6 Å². The number of rotatable bonds is 12. The van der Waals surface area contributed by atoms with Crippen LogP contribution >= 0.6 is 0 Å². The molecule has 1 unspecified atom stereocenters. The molecular weight excluding hydrogens is 556 g/mol. The Bertz CT molecular complexity index is 1160. The Kier molecular flexibility index (Phi) is 9.04. The van der Waals surface area contributed by atoms with E-state index in [1.165, 1.54) is 9.80 Å². The molecule has 2 heterocycles. The lowest BCUT2D eigenvalue weighted by Crippen LogP contribution is -2.62. The second-order valence-corrected chi connectivity index (χ2v) is 14.7. The number of fused-ring (bicyclic) bond motifs is 1. The summed E-state index contributed by atoms with van der Waals surface area (Å²) in [6, 6.07) is -3.79. The molecule has 4 fully saturated rings. The number of nitrogens with zero attached hydrogens (tertiary/aromatic N) is 2. The number of carbonyl (C=O) groups is 6. The van der Waals surface area contributed by atoms with Gasteiger partial charge in [0, 0.05) is 13.1 Å². The maximum Gasteiger partial charge on any atom is 0.410 e. The molecule has 2 saturated heterocycles. The number of piperidine rings is 1. The van der Waals surface area contributed by atoms with Crippen LogP contribution in [0.2, 0.25) is 0 Å². The zero-order valence-electron chi connectivity index (χ0n) is 26.4. The smallest absolute Gasteiger partial charge is 0.410 e. The second kappa shape index (κ2) is 12.0. The number of Topliss-reactive ketones (excluding diaryl/α,β-unsaturated/α-hetero) is 1. The molecule has 240 valence electrons. The van der Waals surface area contributed by atoms with Crippen LogP contribution in [-0.2, 0) is 23.9 Å². The number of carbonyl (C=O) groups excluding carboxylic acids is 6. The molecule has 6 atom stereocenters. The molecule has 4 aliphatic rings. The Morgan fingerprint density at radius 3 is 2.23 bits per heavy atom. The predicted molar refractivity (Wildman–Crippen MR) is 156 cm³/mol. The molecule has 0 bridgehead atoms. The number of amides is 6. The van der Waals surface area contributed by atoms with Gasteiger partial charge in [-0.15, -0.1) is 0 Å². The van der Waals surface area contributed by atoms with Crippen molar-refractivity contribution in [1.82, 2.24) is 25.8 Å². The number of cyclic esters (lactones) is 1. The topological polar surface area (TPSA) is 180 Å². The van der Waals surface area contributed by atoms with Gasteiger partial charge in [0.2, 0.25) is 17.6 Å². The fourth-order valence-corrected chi connectivity index (χ4v) is 6.57. The fourth-order valence-electron chi connectivity index (χ4n) is 6.57. The summed E-state index contributed by atoms with van der Waals surface area (Å²) in [5.41, 5.74) is 4.39. The first kappa shape index (κ1) is 32.5. The number of primary amides is 1. The Labute approximate surface area is 253 Å². The van der Waals surface area contributed by atoms with Crippen molar-refractivity contribution in [2.75, 3.05) is 26.2 Å². The van der Waals surface area contributed by atoms with Gasteiger partial charge < -0.3 is 36.2 Å². The molecule has 5 N–H and O–H groups in total. The van der Waals surface area contributed by atoms with E-state index in [4.69, 9.17) is 10.5 Å². The molecule has 2 aliphatic carbocycles. The van der Waals surface area contributed by atoms with Crippen molar-refractivity contribution in [2.45, 2.75) is 91.9 Å².